The van der Waals surface area contributed by atoms with Crippen molar-refractivity contribution < 1.29 is 22.4 Å². The van der Waals surface area contributed by atoms with Crippen molar-refractivity contribution >= 4 is 39.1 Å². The fourth-order valence-electron chi connectivity index (χ4n) is 3.59. The molecule has 7 nitrogen and oxygen atoms in total. The predicted octanol–water partition coefficient (Wildman–Crippen LogP) is 4.28. The van der Waals surface area contributed by atoms with Crippen LogP contribution >= 0.6 is 11.6 Å². The second-order valence-corrected chi connectivity index (χ2v) is 10.9. The van der Waals surface area contributed by atoms with E-state index in [9.17, 15) is 22.4 Å². The number of aryl methyl sites for hydroxylation is 1. The second kappa shape index (κ2) is 12.4. The Morgan fingerprint density at radius 1 is 1.09 bits per heavy atom. The number of sulfonamides is 1. The van der Waals surface area contributed by atoms with Gasteiger partial charge in [0, 0.05) is 17.6 Å². The van der Waals surface area contributed by atoms with Crippen molar-refractivity contribution in [3.05, 3.63) is 64.4 Å². The summed E-state index contributed by atoms with van der Waals surface area (Å²) in [4.78, 5) is 28.1. The first-order valence-electron chi connectivity index (χ1n) is 11.5. The van der Waals surface area contributed by atoms with E-state index >= 15 is 0 Å². The van der Waals surface area contributed by atoms with E-state index in [-0.39, 0.29) is 24.2 Å². The van der Waals surface area contributed by atoms with E-state index < -0.39 is 34.3 Å². The molecule has 0 heterocycles. The van der Waals surface area contributed by atoms with Crippen LogP contribution in [0.15, 0.2) is 42.5 Å². The van der Waals surface area contributed by atoms with E-state index in [1.165, 1.54) is 35.2 Å². The van der Waals surface area contributed by atoms with Gasteiger partial charge in [0.1, 0.15) is 18.4 Å². The molecule has 2 atom stereocenters. The van der Waals surface area contributed by atoms with Crippen LogP contribution in [0.25, 0.3) is 0 Å². The summed E-state index contributed by atoms with van der Waals surface area (Å²) in [6.45, 7) is 6.79. The molecule has 0 aliphatic heterocycles. The molecule has 35 heavy (non-hydrogen) atoms. The summed E-state index contributed by atoms with van der Waals surface area (Å²) in [6, 6.07) is 9.47. The number of carbonyl (C=O) groups excluding carboxylic acids is 2. The first-order chi connectivity index (χ1) is 16.4. The van der Waals surface area contributed by atoms with Gasteiger partial charge in [0.25, 0.3) is 0 Å². The molecule has 2 amide bonds. The summed E-state index contributed by atoms with van der Waals surface area (Å²) in [7, 11) is -3.86. The van der Waals surface area contributed by atoms with Gasteiger partial charge in [-0.2, -0.15) is 0 Å². The Hall–Kier alpha value is -2.65. The standard InChI is InChI=1S/C25H33ClFN3O4S/c1-6-18(4)28-25(32)22(7-2)29(15-19-9-12-21(27)13-10-19)24(31)16-30(35(5,33)34)23-14-20(26)11-8-17(23)3/h8-14,18,22H,6-7,15-16H2,1-5H3,(H,28,32). The van der Waals surface area contributed by atoms with E-state index in [0.717, 1.165) is 10.6 Å². The summed E-state index contributed by atoms with van der Waals surface area (Å²) in [5.74, 6) is -1.32. The molecule has 2 unspecified atom stereocenters. The van der Waals surface area contributed by atoms with Gasteiger partial charge in [0.05, 0.1) is 11.9 Å². The third-order valence-electron chi connectivity index (χ3n) is 5.77. The summed E-state index contributed by atoms with van der Waals surface area (Å²) >= 11 is 6.11. The minimum Gasteiger partial charge on any atom is -0.352 e. The zero-order valence-corrected chi connectivity index (χ0v) is 22.3. The van der Waals surface area contributed by atoms with Crippen LogP contribution in [0, 0.1) is 12.7 Å². The highest BCUT2D eigenvalue weighted by atomic mass is 35.5. The lowest BCUT2D eigenvalue weighted by atomic mass is 10.1. The molecule has 0 saturated heterocycles. The van der Waals surface area contributed by atoms with Crippen molar-refractivity contribution in [2.24, 2.45) is 0 Å². The number of halogens is 2. The highest BCUT2D eigenvalue weighted by molar-refractivity contribution is 7.92. The lowest BCUT2D eigenvalue weighted by molar-refractivity contribution is -0.140. The van der Waals surface area contributed by atoms with Crippen LogP contribution in [-0.2, 0) is 26.2 Å². The lowest BCUT2D eigenvalue weighted by Crippen LogP contribution is -2.53. The average molecular weight is 526 g/mol. The molecule has 0 aromatic heterocycles. The van der Waals surface area contributed by atoms with Crippen molar-refractivity contribution in [1.29, 1.82) is 0 Å². The predicted molar refractivity (Wildman–Crippen MR) is 137 cm³/mol. The van der Waals surface area contributed by atoms with Crippen molar-refractivity contribution in [2.45, 2.75) is 59.2 Å². The van der Waals surface area contributed by atoms with Crippen LogP contribution in [0.3, 0.4) is 0 Å². The van der Waals surface area contributed by atoms with Crippen molar-refractivity contribution in [3.8, 4) is 0 Å². The zero-order valence-electron chi connectivity index (χ0n) is 20.7. The van der Waals surface area contributed by atoms with E-state index in [1.54, 1.807) is 26.0 Å². The molecular formula is C25H33ClFN3O4S. The van der Waals surface area contributed by atoms with Crippen LogP contribution < -0.4 is 9.62 Å². The highest BCUT2D eigenvalue weighted by Crippen LogP contribution is 2.27. The molecule has 1 N–H and O–H groups in total. The fraction of sp³-hybridized carbons (Fsp3) is 0.440. The minimum absolute atomic E-state index is 0.0116. The molecule has 0 spiro atoms. The first kappa shape index (κ1) is 28.6. The number of nitrogens with zero attached hydrogens (tertiary/aromatic N) is 2. The number of hydrogen-bond acceptors (Lipinski definition) is 4. The highest BCUT2D eigenvalue weighted by Gasteiger charge is 2.32. The molecule has 0 radical (unpaired) electrons. The van der Waals surface area contributed by atoms with Crippen LogP contribution in [0.2, 0.25) is 5.02 Å². The molecule has 2 aromatic carbocycles. The van der Waals surface area contributed by atoms with Crippen molar-refractivity contribution in [3.63, 3.8) is 0 Å². The fourth-order valence-corrected chi connectivity index (χ4v) is 4.66. The van der Waals surface area contributed by atoms with Gasteiger partial charge in [-0.1, -0.05) is 43.6 Å². The summed E-state index contributed by atoms with van der Waals surface area (Å²) in [5.41, 5.74) is 1.52. The Morgan fingerprint density at radius 2 is 1.71 bits per heavy atom. The minimum atomic E-state index is -3.86. The topological polar surface area (TPSA) is 86.8 Å². The van der Waals surface area contributed by atoms with Crippen LogP contribution in [0.1, 0.15) is 44.7 Å². The first-order valence-corrected chi connectivity index (χ1v) is 13.7. The molecule has 0 fully saturated rings. The number of benzene rings is 2. The molecule has 192 valence electrons. The third-order valence-corrected chi connectivity index (χ3v) is 7.13. The molecule has 0 bridgehead atoms. The molecule has 0 aliphatic rings. The smallest absolute Gasteiger partial charge is 0.244 e. The summed E-state index contributed by atoms with van der Waals surface area (Å²) in [6.07, 6.45) is 2.03. The second-order valence-electron chi connectivity index (χ2n) is 8.59. The largest absolute Gasteiger partial charge is 0.352 e. The monoisotopic (exact) mass is 525 g/mol. The zero-order chi connectivity index (χ0) is 26.3. The van der Waals surface area contributed by atoms with Gasteiger partial charge in [0.2, 0.25) is 21.8 Å². The number of anilines is 1. The number of amides is 2. The quantitative estimate of drug-likeness (QED) is 0.474. The van der Waals surface area contributed by atoms with Crippen LogP contribution in [0.5, 0.6) is 0 Å². The van der Waals surface area contributed by atoms with Gasteiger partial charge >= 0.3 is 0 Å². The van der Waals surface area contributed by atoms with E-state index in [1.807, 2.05) is 13.8 Å². The Kier molecular flexibility index (Phi) is 10.1. The van der Waals surface area contributed by atoms with Crippen LogP contribution in [0.4, 0.5) is 10.1 Å². The number of nitrogens with one attached hydrogen (secondary N) is 1. The summed E-state index contributed by atoms with van der Waals surface area (Å²) < 4.78 is 39.8. The van der Waals surface area contributed by atoms with E-state index in [0.29, 0.717) is 29.0 Å². The molecule has 2 rings (SSSR count). The van der Waals surface area contributed by atoms with Gasteiger partial charge in [-0.05, 0) is 62.1 Å². The number of hydrogen-bond donors (Lipinski definition) is 1. The lowest BCUT2D eigenvalue weighted by Gasteiger charge is -2.33. The van der Waals surface area contributed by atoms with E-state index in [4.69, 9.17) is 11.6 Å². The SMILES string of the molecule is CCC(C)NC(=O)C(CC)N(Cc1ccc(F)cc1)C(=O)CN(c1cc(Cl)ccc1C)S(C)(=O)=O. The third kappa shape index (κ3) is 7.93. The summed E-state index contributed by atoms with van der Waals surface area (Å²) in [5, 5.41) is 3.23. The van der Waals surface area contributed by atoms with Gasteiger partial charge in [0.15, 0.2) is 0 Å². The van der Waals surface area contributed by atoms with Gasteiger partial charge in [-0.15, -0.1) is 0 Å². The van der Waals surface area contributed by atoms with Crippen molar-refractivity contribution in [2.75, 3.05) is 17.1 Å². The number of carbonyl (C=O) groups is 2. The van der Waals surface area contributed by atoms with Gasteiger partial charge in [-0.25, -0.2) is 12.8 Å². The molecule has 10 heteroatoms. The maximum atomic E-state index is 13.6. The van der Waals surface area contributed by atoms with Gasteiger partial charge in [-0.3, -0.25) is 13.9 Å². The Labute approximate surface area is 212 Å². The Morgan fingerprint density at radius 3 is 2.26 bits per heavy atom. The van der Waals surface area contributed by atoms with Crippen LogP contribution in [-0.4, -0.2) is 50.0 Å². The van der Waals surface area contributed by atoms with E-state index in [2.05, 4.69) is 5.32 Å². The molecule has 0 saturated carbocycles. The molecular weight excluding hydrogens is 493 g/mol. The maximum absolute atomic E-state index is 13.6. The van der Waals surface area contributed by atoms with Gasteiger partial charge < -0.3 is 10.2 Å². The Balaban J connectivity index is 2.47. The molecule has 2 aromatic rings. The normalized spacial score (nSPS) is 13.1. The number of rotatable bonds is 11. The van der Waals surface area contributed by atoms with Crippen molar-refractivity contribution in [1.82, 2.24) is 10.2 Å². The maximum Gasteiger partial charge on any atom is 0.244 e. The average Bonchev–Trinajstić information content (AvgIpc) is 2.79. The Bertz CT molecular complexity index is 1140. The molecule has 0 aliphatic carbocycles.